The fourth-order valence-electron chi connectivity index (χ4n) is 5.94. The van der Waals surface area contributed by atoms with Crippen molar-refractivity contribution in [1.29, 1.82) is 0 Å². The van der Waals surface area contributed by atoms with Gasteiger partial charge in [0.15, 0.2) is 11.5 Å². The number of nitrogens with zero attached hydrogens (tertiary/aromatic N) is 2. The van der Waals surface area contributed by atoms with Crippen molar-refractivity contribution < 1.29 is 24.4 Å². The van der Waals surface area contributed by atoms with E-state index in [4.69, 9.17) is 19.9 Å². The van der Waals surface area contributed by atoms with Crippen molar-refractivity contribution in [2.45, 2.75) is 29.8 Å². The van der Waals surface area contributed by atoms with Gasteiger partial charge >= 0.3 is 5.69 Å². The molecule has 3 aromatic carbocycles. The predicted molar refractivity (Wildman–Crippen MR) is 146 cm³/mol. The molecule has 2 heterocycles. The number of aromatic nitrogens is 2. The van der Waals surface area contributed by atoms with Crippen molar-refractivity contribution in [3.63, 3.8) is 0 Å². The lowest BCUT2D eigenvalue weighted by molar-refractivity contribution is -0.149. The molecular formula is C30H31N3O6. The molecule has 0 spiro atoms. The number of ether oxygens (including phenoxy) is 3. The molecule has 39 heavy (non-hydrogen) atoms. The number of methoxy groups -OCH3 is 2. The second kappa shape index (κ2) is 10.5. The summed E-state index contributed by atoms with van der Waals surface area (Å²) in [5, 5.41) is 21.6. The molecule has 202 valence electrons. The molecule has 4 N–H and O–H groups in total. The van der Waals surface area contributed by atoms with Gasteiger partial charge in [0.05, 0.1) is 32.3 Å². The van der Waals surface area contributed by atoms with E-state index in [-0.39, 0.29) is 23.9 Å². The van der Waals surface area contributed by atoms with E-state index in [9.17, 15) is 15.0 Å². The molecule has 1 aromatic heterocycles. The third-order valence-corrected chi connectivity index (χ3v) is 7.44. The highest BCUT2D eigenvalue weighted by Gasteiger charge is 2.64. The largest absolute Gasteiger partial charge is 0.489 e. The molecule has 1 aliphatic heterocycles. The number of hydrogen-bond acceptors (Lipinski definition) is 8. The Balaban J connectivity index is 2.05. The molecule has 0 radical (unpaired) electrons. The van der Waals surface area contributed by atoms with Gasteiger partial charge in [-0.1, -0.05) is 91.0 Å². The molecule has 5 rings (SSSR count). The minimum Gasteiger partial charge on any atom is -0.489 e. The predicted octanol–water partition coefficient (Wildman–Crippen LogP) is 2.67. The first-order valence-electron chi connectivity index (χ1n) is 12.6. The first-order valence-corrected chi connectivity index (χ1v) is 12.6. The monoisotopic (exact) mass is 529 g/mol. The molecule has 0 saturated carbocycles. The summed E-state index contributed by atoms with van der Waals surface area (Å²) < 4.78 is 19.3. The zero-order valence-electron chi connectivity index (χ0n) is 21.7. The number of nitrogens with two attached hydrogens (primary N) is 1. The van der Waals surface area contributed by atoms with E-state index in [1.807, 2.05) is 91.0 Å². The molecule has 1 saturated heterocycles. The van der Waals surface area contributed by atoms with Gasteiger partial charge in [0.2, 0.25) is 11.6 Å². The normalized spacial score (nSPS) is 21.0. The smallest absolute Gasteiger partial charge is 0.354 e. The molecule has 0 bridgehead atoms. The fraction of sp³-hybridized carbons (Fsp3) is 0.267. The number of aliphatic hydroxyl groups excluding tert-OH is 2. The van der Waals surface area contributed by atoms with Crippen molar-refractivity contribution >= 4 is 5.82 Å². The zero-order chi connectivity index (χ0) is 27.6. The van der Waals surface area contributed by atoms with Crippen LogP contribution in [0, 0.1) is 0 Å². The van der Waals surface area contributed by atoms with Gasteiger partial charge in [-0.15, -0.1) is 0 Å². The second-order valence-electron chi connectivity index (χ2n) is 9.40. The van der Waals surface area contributed by atoms with Crippen molar-refractivity contribution in [2.24, 2.45) is 0 Å². The van der Waals surface area contributed by atoms with Crippen LogP contribution in [0.5, 0.6) is 11.6 Å². The van der Waals surface area contributed by atoms with E-state index >= 15 is 0 Å². The summed E-state index contributed by atoms with van der Waals surface area (Å²) in [6, 6.07) is 28.8. The number of aliphatic hydroxyl groups is 2. The number of benzene rings is 3. The van der Waals surface area contributed by atoms with E-state index < -0.39 is 35.6 Å². The number of anilines is 1. The molecule has 0 amide bonds. The molecule has 0 unspecified atom stereocenters. The average molecular weight is 530 g/mol. The molecule has 3 atom stereocenters. The van der Waals surface area contributed by atoms with Crippen LogP contribution >= 0.6 is 0 Å². The van der Waals surface area contributed by atoms with Crippen LogP contribution in [0.25, 0.3) is 0 Å². The molecule has 1 fully saturated rings. The average Bonchev–Trinajstić information content (AvgIpc) is 3.31. The van der Waals surface area contributed by atoms with Gasteiger partial charge in [-0.25, -0.2) is 9.36 Å². The van der Waals surface area contributed by atoms with Crippen LogP contribution in [0.1, 0.15) is 23.1 Å². The highest BCUT2D eigenvalue weighted by atomic mass is 16.6. The summed E-state index contributed by atoms with van der Waals surface area (Å²) in [4.78, 5) is 18.0. The number of hydrogen-bond donors (Lipinski definition) is 3. The maximum Gasteiger partial charge on any atom is 0.354 e. The van der Waals surface area contributed by atoms with Crippen LogP contribution in [0.4, 0.5) is 5.82 Å². The van der Waals surface area contributed by atoms with Crippen molar-refractivity contribution in [3.8, 4) is 11.6 Å². The molecule has 4 aromatic rings. The number of nitrogen functional groups attached to an aromatic ring is 1. The van der Waals surface area contributed by atoms with Gasteiger partial charge in [0, 0.05) is 6.42 Å². The van der Waals surface area contributed by atoms with Crippen LogP contribution in [0.2, 0.25) is 0 Å². The van der Waals surface area contributed by atoms with Crippen LogP contribution < -0.4 is 20.9 Å². The molecule has 9 nitrogen and oxygen atoms in total. The number of rotatable bonds is 8. The lowest BCUT2D eigenvalue weighted by atomic mass is 9.61. The van der Waals surface area contributed by atoms with E-state index in [1.165, 1.54) is 18.8 Å². The zero-order valence-corrected chi connectivity index (χ0v) is 21.7. The summed E-state index contributed by atoms with van der Waals surface area (Å²) in [7, 11) is 2.79. The van der Waals surface area contributed by atoms with Gasteiger partial charge in [-0.2, -0.15) is 4.98 Å². The van der Waals surface area contributed by atoms with Gasteiger partial charge in [-0.3, -0.25) is 0 Å². The molecule has 9 heteroatoms. The van der Waals surface area contributed by atoms with Gasteiger partial charge in [0.1, 0.15) is 6.10 Å². The minimum atomic E-state index is -1.71. The second-order valence-corrected chi connectivity index (χ2v) is 9.40. The third-order valence-electron chi connectivity index (χ3n) is 7.44. The maximum atomic E-state index is 13.9. The highest BCUT2D eigenvalue weighted by Crippen LogP contribution is 2.58. The fourth-order valence-corrected chi connectivity index (χ4v) is 5.94. The molecule has 1 aliphatic rings. The highest BCUT2D eigenvalue weighted by molar-refractivity contribution is 5.57. The van der Waals surface area contributed by atoms with Crippen LogP contribution in [-0.4, -0.2) is 52.8 Å². The van der Waals surface area contributed by atoms with Crippen LogP contribution in [0.3, 0.4) is 0 Å². The van der Waals surface area contributed by atoms with Gasteiger partial charge < -0.3 is 30.2 Å². The van der Waals surface area contributed by atoms with Gasteiger partial charge in [0.25, 0.3) is 0 Å². The Hall–Kier alpha value is -4.18. The topological polar surface area (TPSA) is 129 Å². The Labute approximate surface area is 226 Å². The maximum absolute atomic E-state index is 13.9. The first-order chi connectivity index (χ1) is 18.9. The first kappa shape index (κ1) is 26.4. The lowest BCUT2D eigenvalue weighted by Gasteiger charge is -2.50. The van der Waals surface area contributed by atoms with Crippen molar-refractivity contribution in [2.75, 3.05) is 26.6 Å². The Morgan fingerprint density at radius 2 is 1.44 bits per heavy atom. The van der Waals surface area contributed by atoms with Crippen molar-refractivity contribution in [1.82, 2.24) is 9.55 Å². The van der Waals surface area contributed by atoms with Crippen molar-refractivity contribution in [3.05, 3.63) is 118 Å². The van der Waals surface area contributed by atoms with E-state index in [0.717, 1.165) is 16.7 Å². The summed E-state index contributed by atoms with van der Waals surface area (Å²) in [5.74, 6) is -0.120. The molecular weight excluding hydrogens is 498 g/mol. The molecule has 0 aliphatic carbocycles. The van der Waals surface area contributed by atoms with Gasteiger partial charge in [-0.05, 0) is 16.7 Å². The minimum absolute atomic E-state index is 0.0204. The third kappa shape index (κ3) is 3.97. The summed E-state index contributed by atoms with van der Waals surface area (Å²) in [6.07, 6.45) is -2.24. The summed E-state index contributed by atoms with van der Waals surface area (Å²) in [5.41, 5.74) is 4.68. The SMILES string of the molecule is COc1c(N)nc(=O)n([C@@]2(C(c3ccccc3)(c3ccccc3)c3ccccc3)C[C@H](O)[C@@H](CO)O2)c1OC. The Morgan fingerprint density at radius 3 is 1.82 bits per heavy atom. The Bertz CT molecular complexity index is 1380. The summed E-state index contributed by atoms with van der Waals surface area (Å²) >= 11 is 0. The van der Waals surface area contributed by atoms with E-state index in [2.05, 4.69) is 4.98 Å². The Morgan fingerprint density at radius 1 is 0.949 bits per heavy atom. The van der Waals surface area contributed by atoms with E-state index in [1.54, 1.807) is 0 Å². The van der Waals surface area contributed by atoms with Crippen LogP contribution in [0.15, 0.2) is 95.8 Å². The standard InChI is InChI=1S/C30H31N3O6/c1-37-25-26(31)32-28(36)33(27(25)38-2)29(18-23(35)24(19-34)39-29)30(20-12-6-3-7-13-20,21-14-8-4-9-15-21)22-16-10-5-11-17-22/h3-17,23-24,34-35H,18-19H2,1-2H3,(H2,31,32,36)/t23-,24+,29-/m0/s1. The van der Waals surface area contributed by atoms with Crippen LogP contribution in [-0.2, 0) is 15.9 Å². The Kier molecular flexibility index (Phi) is 7.14. The quantitative estimate of drug-likeness (QED) is 0.297. The van der Waals surface area contributed by atoms with E-state index in [0.29, 0.717) is 0 Å². The lowest BCUT2D eigenvalue weighted by Crippen LogP contribution is -2.58. The summed E-state index contributed by atoms with van der Waals surface area (Å²) in [6.45, 7) is -0.478.